The maximum absolute atomic E-state index is 11.8. The van der Waals surface area contributed by atoms with Crippen LogP contribution in [0.2, 0.25) is 0 Å². The second-order valence-corrected chi connectivity index (χ2v) is 4.63. The topological polar surface area (TPSA) is 114 Å². The van der Waals surface area contributed by atoms with Gasteiger partial charge in [-0.05, 0) is 24.3 Å². The summed E-state index contributed by atoms with van der Waals surface area (Å²) in [6.07, 6.45) is 0. The molecular weight excluding hydrogens is 270 g/mol. The van der Waals surface area contributed by atoms with Gasteiger partial charge in [0.2, 0.25) is 5.91 Å². The fourth-order valence-corrected chi connectivity index (χ4v) is 2.23. The number of hydrogen-bond donors (Lipinski definition) is 3. The molecule has 0 atom stereocenters. The summed E-state index contributed by atoms with van der Waals surface area (Å²) in [5.74, 6) is -0.487. The van der Waals surface area contributed by atoms with Gasteiger partial charge < -0.3 is 21.7 Å². The smallest absolute Gasteiger partial charge is 0.267 e. The highest BCUT2D eigenvalue weighted by Crippen LogP contribution is 2.36. The SMILES string of the molecule is NC(=O)c1ccc(N)c(N2CC(=O)Nc3ccccc32)n1. The number of para-hydroxylation sites is 2. The number of anilines is 4. The van der Waals surface area contributed by atoms with Crippen LogP contribution in [0, 0.1) is 0 Å². The van der Waals surface area contributed by atoms with E-state index in [1.807, 2.05) is 18.2 Å². The Morgan fingerprint density at radius 3 is 2.76 bits per heavy atom. The van der Waals surface area contributed by atoms with Crippen LogP contribution in [0.1, 0.15) is 10.5 Å². The van der Waals surface area contributed by atoms with E-state index in [0.29, 0.717) is 17.2 Å². The highest BCUT2D eigenvalue weighted by atomic mass is 16.2. The summed E-state index contributed by atoms with van der Waals surface area (Å²) in [5.41, 5.74) is 13.1. The molecule has 0 saturated heterocycles. The lowest BCUT2D eigenvalue weighted by molar-refractivity contribution is -0.115. The number of carbonyl (C=O) groups is 2. The molecule has 0 spiro atoms. The first-order chi connectivity index (χ1) is 10.1. The summed E-state index contributed by atoms with van der Waals surface area (Å²) in [6, 6.07) is 10.3. The van der Waals surface area contributed by atoms with Crippen LogP contribution >= 0.6 is 0 Å². The van der Waals surface area contributed by atoms with Gasteiger partial charge in [-0.2, -0.15) is 0 Å². The van der Waals surface area contributed by atoms with E-state index in [-0.39, 0.29) is 18.1 Å². The molecule has 0 unspecified atom stereocenters. The van der Waals surface area contributed by atoms with Gasteiger partial charge in [0.05, 0.1) is 17.1 Å². The fraction of sp³-hybridized carbons (Fsp3) is 0.0714. The van der Waals surface area contributed by atoms with Crippen LogP contribution < -0.4 is 21.7 Å². The maximum Gasteiger partial charge on any atom is 0.267 e. The Kier molecular flexibility index (Phi) is 2.94. The number of nitrogens with one attached hydrogen (secondary N) is 1. The zero-order valence-electron chi connectivity index (χ0n) is 11.0. The highest BCUT2D eigenvalue weighted by Gasteiger charge is 2.25. The van der Waals surface area contributed by atoms with E-state index in [9.17, 15) is 9.59 Å². The number of amides is 2. The van der Waals surface area contributed by atoms with Gasteiger partial charge in [0.1, 0.15) is 12.2 Å². The van der Waals surface area contributed by atoms with Gasteiger partial charge in [0.25, 0.3) is 5.91 Å². The van der Waals surface area contributed by atoms with Gasteiger partial charge in [0, 0.05) is 0 Å². The standard InChI is InChI=1S/C14H13N5O2/c15-8-5-6-10(13(16)21)18-14(8)19-7-12(20)17-9-3-1-2-4-11(9)19/h1-6H,7,15H2,(H2,16,21)(H,17,20). The lowest BCUT2D eigenvalue weighted by Crippen LogP contribution is -2.36. The summed E-state index contributed by atoms with van der Waals surface area (Å²) in [7, 11) is 0. The molecule has 1 aromatic carbocycles. The summed E-state index contributed by atoms with van der Waals surface area (Å²) >= 11 is 0. The van der Waals surface area contributed by atoms with Crippen molar-refractivity contribution in [1.29, 1.82) is 0 Å². The lowest BCUT2D eigenvalue weighted by Gasteiger charge is -2.30. The van der Waals surface area contributed by atoms with E-state index in [4.69, 9.17) is 11.5 Å². The zero-order chi connectivity index (χ0) is 15.0. The molecule has 7 heteroatoms. The summed E-state index contributed by atoms with van der Waals surface area (Å²) in [5, 5.41) is 2.78. The Balaban J connectivity index is 2.14. The normalized spacial score (nSPS) is 13.5. The Morgan fingerprint density at radius 2 is 2.00 bits per heavy atom. The molecular formula is C14H13N5O2. The van der Waals surface area contributed by atoms with Gasteiger partial charge >= 0.3 is 0 Å². The lowest BCUT2D eigenvalue weighted by atomic mass is 10.2. The van der Waals surface area contributed by atoms with Crippen molar-refractivity contribution in [1.82, 2.24) is 4.98 Å². The quantitative estimate of drug-likeness (QED) is 0.756. The van der Waals surface area contributed by atoms with Crippen LogP contribution in [0.25, 0.3) is 0 Å². The zero-order valence-corrected chi connectivity index (χ0v) is 11.0. The van der Waals surface area contributed by atoms with Crippen LogP contribution in [0.15, 0.2) is 36.4 Å². The van der Waals surface area contributed by atoms with E-state index < -0.39 is 5.91 Å². The third kappa shape index (κ3) is 2.25. The molecule has 3 rings (SSSR count). The number of aromatic nitrogens is 1. The highest BCUT2D eigenvalue weighted by molar-refractivity contribution is 6.04. The number of nitrogen functional groups attached to an aromatic ring is 1. The molecule has 1 aromatic heterocycles. The first-order valence-corrected chi connectivity index (χ1v) is 6.29. The molecule has 5 N–H and O–H groups in total. The molecule has 2 amide bonds. The minimum atomic E-state index is -0.647. The molecule has 0 aliphatic carbocycles. The second kappa shape index (κ2) is 4.78. The molecule has 2 heterocycles. The van der Waals surface area contributed by atoms with E-state index in [1.54, 1.807) is 17.0 Å². The molecule has 0 bridgehead atoms. The van der Waals surface area contributed by atoms with Crippen molar-refractivity contribution in [2.45, 2.75) is 0 Å². The minimum absolute atomic E-state index is 0.0659. The number of nitrogens with zero attached hydrogens (tertiary/aromatic N) is 2. The van der Waals surface area contributed by atoms with Crippen molar-refractivity contribution in [3.8, 4) is 0 Å². The van der Waals surface area contributed by atoms with Gasteiger partial charge in [-0.3, -0.25) is 9.59 Å². The molecule has 0 radical (unpaired) electrons. The molecule has 2 aromatic rings. The number of benzene rings is 1. The third-order valence-corrected chi connectivity index (χ3v) is 3.18. The van der Waals surface area contributed by atoms with Crippen LogP contribution in [-0.4, -0.2) is 23.3 Å². The Bertz CT molecular complexity index is 744. The number of carbonyl (C=O) groups excluding carboxylic acids is 2. The molecule has 1 aliphatic heterocycles. The van der Waals surface area contributed by atoms with E-state index in [2.05, 4.69) is 10.3 Å². The average Bonchev–Trinajstić information content (AvgIpc) is 2.46. The summed E-state index contributed by atoms with van der Waals surface area (Å²) < 4.78 is 0. The molecule has 21 heavy (non-hydrogen) atoms. The largest absolute Gasteiger partial charge is 0.396 e. The third-order valence-electron chi connectivity index (χ3n) is 3.18. The van der Waals surface area contributed by atoms with Gasteiger partial charge in [-0.25, -0.2) is 4.98 Å². The van der Waals surface area contributed by atoms with Gasteiger partial charge in [-0.15, -0.1) is 0 Å². The number of nitrogens with two attached hydrogens (primary N) is 2. The number of fused-ring (bicyclic) bond motifs is 1. The second-order valence-electron chi connectivity index (χ2n) is 4.63. The van der Waals surface area contributed by atoms with Crippen molar-refractivity contribution in [2.24, 2.45) is 5.73 Å². The van der Waals surface area contributed by atoms with Crippen molar-refractivity contribution in [2.75, 3.05) is 22.5 Å². The average molecular weight is 283 g/mol. The molecule has 0 saturated carbocycles. The van der Waals surface area contributed by atoms with Crippen molar-refractivity contribution in [3.63, 3.8) is 0 Å². The van der Waals surface area contributed by atoms with Crippen LogP contribution in [0.4, 0.5) is 22.9 Å². The summed E-state index contributed by atoms with van der Waals surface area (Å²) in [4.78, 5) is 28.9. The van der Waals surface area contributed by atoms with Gasteiger partial charge in [-0.1, -0.05) is 12.1 Å². The van der Waals surface area contributed by atoms with Crippen molar-refractivity contribution < 1.29 is 9.59 Å². The molecule has 1 aliphatic rings. The number of rotatable bonds is 2. The number of hydrogen-bond acceptors (Lipinski definition) is 5. The van der Waals surface area contributed by atoms with Crippen LogP contribution in [0.5, 0.6) is 0 Å². The van der Waals surface area contributed by atoms with E-state index >= 15 is 0 Å². The molecule has 7 nitrogen and oxygen atoms in total. The summed E-state index contributed by atoms with van der Waals surface area (Å²) in [6.45, 7) is 0.0659. The van der Waals surface area contributed by atoms with E-state index in [1.165, 1.54) is 6.07 Å². The van der Waals surface area contributed by atoms with Crippen LogP contribution in [-0.2, 0) is 4.79 Å². The Morgan fingerprint density at radius 1 is 1.24 bits per heavy atom. The fourth-order valence-electron chi connectivity index (χ4n) is 2.23. The van der Waals surface area contributed by atoms with Gasteiger partial charge in [0.15, 0.2) is 5.82 Å². The number of pyridine rings is 1. The maximum atomic E-state index is 11.8. The predicted molar refractivity (Wildman–Crippen MR) is 79.2 cm³/mol. The van der Waals surface area contributed by atoms with Crippen molar-refractivity contribution >= 4 is 34.7 Å². The van der Waals surface area contributed by atoms with Crippen LogP contribution in [0.3, 0.4) is 0 Å². The molecule has 106 valence electrons. The predicted octanol–water partition coefficient (Wildman–Crippen LogP) is 0.853. The van der Waals surface area contributed by atoms with Crippen molar-refractivity contribution in [3.05, 3.63) is 42.1 Å². The minimum Gasteiger partial charge on any atom is -0.396 e. The Labute approximate surface area is 120 Å². The monoisotopic (exact) mass is 283 g/mol. The first kappa shape index (κ1) is 12.9. The number of primary amides is 1. The first-order valence-electron chi connectivity index (χ1n) is 6.29. The van der Waals surface area contributed by atoms with E-state index in [0.717, 1.165) is 5.69 Å². The molecule has 0 fully saturated rings. The Hall–Kier alpha value is -3.09.